The molecule has 0 saturated heterocycles. The average Bonchev–Trinajstić information content (AvgIpc) is 3.95. The summed E-state index contributed by atoms with van der Waals surface area (Å²) in [6, 6.07) is 49.6. The zero-order chi connectivity index (χ0) is 34.6. The zero-order valence-corrected chi connectivity index (χ0v) is 30.6. The van der Waals surface area contributed by atoms with Gasteiger partial charge in [-0.1, -0.05) is 18.2 Å². The van der Waals surface area contributed by atoms with Crippen LogP contribution >= 0.6 is 0 Å². The third kappa shape index (κ3) is 6.76. The molecule has 8 rings (SSSR count). The minimum absolute atomic E-state index is 0.280. The van der Waals surface area contributed by atoms with E-state index in [4.69, 9.17) is 16.5 Å². The number of aromatic nitrogens is 2. The van der Waals surface area contributed by atoms with Crippen LogP contribution in [0.4, 0.5) is 22.7 Å². The van der Waals surface area contributed by atoms with Gasteiger partial charge < -0.3 is 0 Å². The Morgan fingerprint density at radius 2 is 1.18 bits per heavy atom. The van der Waals surface area contributed by atoms with Crippen molar-refractivity contribution in [3.05, 3.63) is 179 Å². The summed E-state index contributed by atoms with van der Waals surface area (Å²) in [5.74, 6) is 0. The molecule has 0 aliphatic carbocycles. The molecule has 0 aliphatic heterocycles. The van der Waals surface area contributed by atoms with Crippen molar-refractivity contribution in [2.45, 2.75) is 0 Å². The van der Waals surface area contributed by atoms with Gasteiger partial charge in [0.2, 0.25) is 0 Å². The number of hydrogen-bond acceptors (Lipinski definition) is 4. The quantitative estimate of drug-likeness (QED) is 0.114. The topological polar surface area (TPSA) is 57.2 Å². The van der Waals surface area contributed by atoms with Crippen molar-refractivity contribution in [1.82, 2.24) is 9.97 Å². The molecular weight excluding hydrogens is 756 g/mol. The fraction of sp³-hybridized carbons (Fsp3) is 0. The molecule has 0 atom stereocenters. The molecule has 8 aromatic rings. The first kappa shape index (κ1) is 32.2. The first-order valence-corrected chi connectivity index (χ1v) is 19.9. The van der Waals surface area contributed by atoms with Gasteiger partial charge >= 0.3 is 292 Å². The van der Waals surface area contributed by atoms with E-state index in [1.165, 1.54) is 8.87 Å². The van der Waals surface area contributed by atoms with E-state index in [0.29, 0.717) is 11.3 Å². The Kier molecular flexibility index (Phi) is 9.11. The van der Waals surface area contributed by atoms with Gasteiger partial charge in [0.1, 0.15) is 0 Å². The number of benzene rings is 4. The van der Waals surface area contributed by atoms with Crippen LogP contribution in [0.25, 0.3) is 58.5 Å². The van der Waals surface area contributed by atoms with Crippen LogP contribution in [0.5, 0.6) is 0 Å². The minimum atomic E-state index is 0.280. The Morgan fingerprint density at radius 3 is 1.78 bits per heavy atom. The first-order chi connectivity index (χ1) is 25.2. The molecule has 0 aliphatic rings. The molecule has 4 heterocycles. The third-order valence-electron chi connectivity index (χ3n) is 8.55. The van der Waals surface area contributed by atoms with Crippen molar-refractivity contribution < 1.29 is 0 Å². The van der Waals surface area contributed by atoms with E-state index in [-0.39, 0.29) is 29.0 Å². The number of nitriles is 1. The molecule has 0 N–H and O–H groups in total. The molecule has 0 radical (unpaired) electrons. The summed E-state index contributed by atoms with van der Waals surface area (Å²) in [5.41, 5.74) is 11.1. The third-order valence-corrected chi connectivity index (χ3v) is 12.4. The van der Waals surface area contributed by atoms with Crippen LogP contribution in [0.15, 0.2) is 162 Å². The van der Waals surface area contributed by atoms with Crippen molar-refractivity contribution in [1.29, 1.82) is 5.26 Å². The van der Waals surface area contributed by atoms with Crippen molar-refractivity contribution in [3.8, 4) is 59.7 Å². The van der Waals surface area contributed by atoms with Crippen LogP contribution < -0.4 is 4.90 Å². The average molecular weight is 784 g/mol. The van der Waals surface area contributed by atoms with Gasteiger partial charge in [-0.3, -0.25) is 0 Å². The van der Waals surface area contributed by atoms with Crippen LogP contribution in [-0.2, 0) is 0 Å². The Balaban J connectivity index is 1.35. The molecule has 0 unspecified atom stereocenters. The zero-order valence-electron chi connectivity index (χ0n) is 27.1. The summed E-state index contributed by atoms with van der Waals surface area (Å²) in [5, 5.41) is 10.3. The molecule has 7 heteroatoms. The molecule has 4 aromatic heterocycles. The molecule has 5 nitrogen and oxygen atoms in total. The summed E-state index contributed by atoms with van der Waals surface area (Å²) in [7, 11) is 0. The molecule has 4 aromatic carbocycles. The number of anilines is 3. The molecule has 0 fully saturated rings. The van der Waals surface area contributed by atoms with Crippen LogP contribution in [0.3, 0.4) is 0 Å². The first-order valence-electron chi connectivity index (χ1n) is 16.2. The second-order valence-corrected chi connectivity index (χ2v) is 15.7. The maximum atomic E-state index is 10.3. The van der Waals surface area contributed by atoms with Gasteiger partial charge in [0.15, 0.2) is 0 Å². The Bertz CT molecular complexity index is 2420. The van der Waals surface area contributed by atoms with E-state index >= 15 is 0 Å². The molecule has 240 valence electrons. The fourth-order valence-electron chi connectivity index (χ4n) is 6.22. The van der Waals surface area contributed by atoms with Gasteiger partial charge in [-0.05, 0) is 0 Å². The Morgan fingerprint density at radius 1 is 0.569 bits per heavy atom. The summed E-state index contributed by atoms with van der Waals surface area (Å²) in [4.78, 5) is 20.0. The Labute approximate surface area is 308 Å². The normalized spacial score (nSPS) is 10.7. The van der Waals surface area contributed by atoms with E-state index in [1.54, 1.807) is 0 Å². The van der Waals surface area contributed by atoms with E-state index in [1.807, 2.05) is 79.1 Å². The van der Waals surface area contributed by atoms with Gasteiger partial charge in [-0.2, -0.15) is 0 Å². The van der Waals surface area contributed by atoms with E-state index in [9.17, 15) is 5.26 Å². The number of pyridine rings is 2. The van der Waals surface area contributed by atoms with Gasteiger partial charge in [-0.25, -0.2) is 0 Å². The van der Waals surface area contributed by atoms with Gasteiger partial charge in [0.25, 0.3) is 0 Å². The van der Waals surface area contributed by atoms with Crippen molar-refractivity contribution in [2.24, 2.45) is 0 Å². The summed E-state index contributed by atoms with van der Waals surface area (Å²) in [6.45, 7) is 8.12. The molecule has 0 amide bonds. The van der Waals surface area contributed by atoms with Crippen molar-refractivity contribution in [2.75, 3.05) is 4.90 Å². The SMILES string of the molecule is [C-]#[N+]c1cc(-c2cc(-c3ccc[se]3)ccn2)cc(N(c2cc(C#N)cc(-c3cc(-c4ccc[se]4)ccn3)c2)c2ccccc2-c2ccccc2)c1. The molecule has 0 bridgehead atoms. The molecule has 51 heavy (non-hydrogen) atoms. The number of nitrogens with zero attached hydrogens (tertiary/aromatic N) is 5. The summed E-state index contributed by atoms with van der Waals surface area (Å²) < 4.78 is 2.59. The van der Waals surface area contributed by atoms with Crippen molar-refractivity contribution in [3.63, 3.8) is 0 Å². The second-order valence-electron chi connectivity index (χ2n) is 11.8. The summed E-state index contributed by atoms with van der Waals surface area (Å²) in [6.07, 6.45) is 3.68. The van der Waals surface area contributed by atoms with Gasteiger partial charge in [0.05, 0.1) is 0 Å². The predicted molar refractivity (Wildman–Crippen MR) is 209 cm³/mol. The summed E-state index contributed by atoms with van der Waals surface area (Å²) >= 11 is 0.561. The van der Waals surface area contributed by atoms with Gasteiger partial charge in [-0.15, -0.1) is 0 Å². The Hall–Kier alpha value is -6.04. The van der Waals surface area contributed by atoms with Crippen LogP contribution in [0.2, 0.25) is 0 Å². The molecular formula is C44H27N5Se2. The number of rotatable bonds is 8. The van der Waals surface area contributed by atoms with E-state index < -0.39 is 0 Å². The second kappa shape index (κ2) is 14.4. The number of para-hydroxylation sites is 1. The maximum absolute atomic E-state index is 10.3. The van der Waals surface area contributed by atoms with Gasteiger partial charge in [0, 0.05) is 0 Å². The van der Waals surface area contributed by atoms with Crippen LogP contribution in [0.1, 0.15) is 5.56 Å². The molecule has 0 spiro atoms. The fourth-order valence-corrected chi connectivity index (χ4v) is 9.25. The van der Waals surface area contributed by atoms with Crippen LogP contribution in [-0.4, -0.2) is 39.0 Å². The monoisotopic (exact) mass is 785 g/mol. The van der Waals surface area contributed by atoms with E-state index in [0.717, 1.165) is 61.8 Å². The standard InChI is InChI=1S/C44H27N5Se2/c1-46-36-23-35(41-27-33(16-18-48-41)44-14-8-20-51-44)25-38(28-36)49(42-12-6-5-11-39(42)31-9-3-2-4-10-31)37-22-30(29-45)21-34(24-37)40-26-32(15-17-47-40)43-13-7-19-50-43/h2-28H. The molecule has 0 saturated carbocycles. The van der Waals surface area contributed by atoms with Crippen LogP contribution in [0, 0.1) is 17.9 Å². The van der Waals surface area contributed by atoms with E-state index in [2.05, 4.69) is 98.5 Å². The van der Waals surface area contributed by atoms with Crippen molar-refractivity contribution >= 4 is 51.8 Å². The predicted octanol–water partition coefficient (Wildman–Crippen LogP) is 10.8. The number of hydrogen-bond donors (Lipinski definition) is 0.